The van der Waals surface area contributed by atoms with Gasteiger partial charge in [0.05, 0.1) is 6.54 Å². The first-order valence-electron chi connectivity index (χ1n) is 6.77. The lowest BCUT2D eigenvalue weighted by Gasteiger charge is -2.08. The van der Waals surface area contributed by atoms with Crippen LogP contribution < -0.4 is 5.56 Å². The maximum absolute atomic E-state index is 12.2. The second-order valence-electron chi connectivity index (χ2n) is 5.37. The highest BCUT2D eigenvalue weighted by atomic mass is 16.1. The molecule has 0 radical (unpaired) electrons. The van der Waals surface area contributed by atoms with Crippen LogP contribution in [0.15, 0.2) is 47.4 Å². The number of aromatic nitrogens is 1. The Morgan fingerprint density at radius 2 is 1.75 bits per heavy atom. The zero-order valence-corrected chi connectivity index (χ0v) is 12.1. The first-order valence-corrected chi connectivity index (χ1v) is 6.77. The third-order valence-electron chi connectivity index (χ3n) is 3.34. The average Bonchev–Trinajstić information content (AvgIpc) is 2.43. The van der Waals surface area contributed by atoms with Crippen molar-refractivity contribution >= 4 is 5.78 Å². The van der Waals surface area contributed by atoms with E-state index >= 15 is 0 Å². The minimum Gasteiger partial charge on any atom is -0.307 e. The Hall–Kier alpha value is -2.16. The summed E-state index contributed by atoms with van der Waals surface area (Å²) in [5, 5.41) is 0. The molecule has 3 nitrogen and oxygen atoms in total. The summed E-state index contributed by atoms with van der Waals surface area (Å²) in [5.41, 5.74) is 2.66. The molecule has 0 saturated carbocycles. The van der Waals surface area contributed by atoms with Gasteiger partial charge in [0.25, 0.3) is 5.56 Å². The van der Waals surface area contributed by atoms with Gasteiger partial charge in [-0.1, -0.05) is 44.2 Å². The Morgan fingerprint density at radius 3 is 2.35 bits per heavy atom. The molecule has 2 aromatic rings. The minimum atomic E-state index is -0.150. The topological polar surface area (TPSA) is 39.1 Å². The molecule has 0 spiro atoms. The number of carbonyl (C=O) groups is 1. The van der Waals surface area contributed by atoms with Gasteiger partial charge in [0.1, 0.15) is 0 Å². The quantitative estimate of drug-likeness (QED) is 0.800. The number of nitrogens with zero attached hydrogens (tertiary/aromatic N) is 1. The maximum atomic E-state index is 12.2. The summed E-state index contributed by atoms with van der Waals surface area (Å²) in [5.74, 6) is 0.395. The van der Waals surface area contributed by atoms with E-state index in [0.29, 0.717) is 11.5 Å². The van der Waals surface area contributed by atoms with E-state index in [-0.39, 0.29) is 17.9 Å². The molecule has 3 heteroatoms. The Bertz CT molecular complexity index is 666. The van der Waals surface area contributed by atoms with E-state index in [1.807, 2.05) is 31.2 Å². The van der Waals surface area contributed by atoms with Gasteiger partial charge in [-0.25, -0.2) is 0 Å². The molecule has 2 rings (SSSR count). The van der Waals surface area contributed by atoms with Gasteiger partial charge in [-0.3, -0.25) is 9.59 Å². The Balaban J connectivity index is 2.19. The number of aryl methyl sites for hydroxylation is 1. The van der Waals surface area contributed by atoms with Crippen LogP contribution in [0.25, 0.3) is 0 Å². The highest BCUT2D eigenvalue weighted by molar-refractivity contribution is 5.95. The number of ketones is 1. The second kappa shape index (κ2) is 5.87. The van der Waals surface area contributed by atoms with Gasteiger partial charge < -0.3 is 4.57 Å². The fraction of sp³-hybridized carbons (Fsp3) is 0.294. The molecule has 0 N–H and O–H groups in total. The summed E-state index contributed by atoms with van der Waals surface area (Å²) in [7, 11) is 0. The highest BCUT2D eigenvalue weighted by Crippen LogP contribution is 2.15. The second-order valence-corrected chi connectivity index (χ2v) is 5.37. The third-order valence-corrected chi connectivity index (χ3v) is 3.34. The zero-order valence-electron chi connectivity index (χ0n) is 12.1. The van der Waals surface area contributed by atoms with E-state index in [2.05, 4.69) is 13.8 Å². The SMILES string of the molecule is Cc1ccc(=O)n(CC(=O)c2ccc(C(C)C)cc2)c1. The number of pyridine rings is 1. The van der Waals surface area contributed by atoms with Gasteiger partial charge >= 0.3 is 0 Å². The molecular formula is C17H19NO2. The Kier molecular flexibility index (Phi) is 4.18. The molecule has 0 unspecified atom stereocenters. The molecule has 0 aliphatic carbocycles. The van der Waals surface area contributed by atoms with Crippen LogP contribution in [-0.2, 0) is 6.54 Å². The first-order chi connectivity index (χ1) is 9.47. The molecular weight excluding hydrogens is 250 g/mol. The van der Waals surface area contributed by atoms with E-state index in [0.717, 1.165) is 5.56 Å². The zero-order chi connectivity index (χ0) is 14.7. The number of hydrogen-bond acceptors (Lipinski definition) is 2. The lowest BCUT2D eigenvalue weighted by molar-refractivity contribution is 0.0971. The molecule has 0 fully saturated rings. The van der Waals surface area contributed by atoms with Crippen molar-refractivity contribution in [2.75, 3.05) is 0 Å². The van der Waals surface area contributed by atoms with Gasteiger partial charge in [-0.2, -0.15) is 0 Å². The maximum Gasteiger partial charge on any atom is 0.250 e. The largest absolute Gasteiger partial charge is 0.307 e. The van der Waals surface area contributed by atoms with Crippen LogP contribution in [0.3, 0.4) is 0 Å². The molecule has 20 heavy (non-hydrogen) atoms. The molecule has 1 heterocycles. The fourth-order valence-electron chi connectivity index (χ4n) is 2.07. The van der Waals surface area contributed by atoms with Crippen LogP contribution in [0.1, 0.15) is 41.3 Å². The molecule has 1 aromatic heterocycles. The fourth-order valence-corrected chi connectivity index (χ4v) is 2.07. The Labute approximate surface area is 118 Å². The predicted molar refractivity (Wildman–Crippen MR) is 80.3 cm³/mol. The van der Waals surface area contributed by atoms with E-state index in [1.54, 1.807) is 12.3 Å². The van der Waals surface area contributed by atoms with E-state index < -0.39 is 0 Å². The van der Waals surface area contributed by atoms with E-state index in [9.17, 15) is 9.59 Å². The minimum absolute atomic E-state index is 0.0481. The summed E-state index contributed by atoms with van der Waals surface area (Å²) in [4.78, 5) is 23.9. The van der Waals surface area contributed by atoms with Crippen molar-refractivity contribution in [1.29, 1.82) is 0 Å². The number of Topliss-reactive ketones (excluding diaryl/α,β-unsaturated/α-hetero) is 1. The first kappa shape index (κ1) is 14.3. The molecule has 0 atom stereocenters. The molecule has 104 valence electrons. The van der Waals surface area contributed by atoms with Gasteiger partial charge in [0.2, 0.25) is 0 Å². The summed E-state index contributed by atoms with van der Waals surface area (Å²) in [6, 6.07) is 10.8. The molecule has 0 aliphatic rings. The van der Waals surface area contributed by atoms with Crippen LogP contribution in [0.4, 0.5) is 0 Å². The monoisotopic (exact) mass is 269 g/mol. The average molecular weight is 269 g/mol. The van der Waals surface area contributed by atoms with Gasteiger partial charge in [0, 0.05) is 17.8 Å². The molecule has 0 aliphatic heterocycles. The smallest absolute Gasteiger partial charge is 0.250 e. The van der Waals surface area contributed by atoms with Crippen LogP contribution in [0.5, 0.6) is 0 Å². The van der Waals surface area contributed by atoms with E-state index in [4.69, 9.17) is 0 Å². The number of hydrogen-bond donors (Lipinski definition) is 0. The summed E-state index contributed by atoms with van der Waals surface area (Å²) in [6.07, 6.45) is 1.71. The molecule has 0 amide bonds. The van der Waals surface area contributed by atoms with Crippen LogP contribution in [0.2, 0.25) is 0 Å². The Morgan fingerprint density at radius 1 is 1.10 bits per heavy atom. The summed E-state index contributed by atoms with van der Waals surface area (Å²) < 4.78 is 1.45. The van der Waals surface area contributed by atoms with Crippen LogP contribution >= 0.6 is 0 Å². The predicted octanol–water partition coefficient (Wildman–Crippen LogP) is 3.16. The van der Waals surface area contributed by atoms with Gasteiger partial charge in [-0.15, -0.1) is 0 Å². The van der Waals surface area contributed by atoms with Crippen molar-refractivity contribution in [2.24, 2.45) is 0 Å². The molecule has 1 aromatic carbocycles. The van der Waals surface area contributed by atoms with Crippen molar-refractivity contribution in [1.82, 2.24) is 4.57 Å². The summed E-state index contributed by atoms with van der Waals surface area (Å²) >= 11 is 0. The molecule has 0 bridgehead atoms. The highest BCUT2D eigenvalue weighted by Gasteiger charge is 2.08. The molecule has 0 saturated heterocycles. The van der Waals surface area contributed by atoms with Gasteiger partial charge in [0.15, 0.2) is 5.78 Å². The van der Waals surface area contributed by atoms with Crippen molar-refractivity contribution in [3.63, 3.8) is 0 Å². The number of carbonyl (C=O) groups excluding carboxylic acids is 1. The van der Waals surface area contributed by atoms with Crippen LogP contribution in [-0.4, -0.2) is 10.4 Å². The van der Waals surface area contributed by atoms with E-state index in [1.165, 1.54) is 16.2 Å². The van der Waals surface area contributed by atoms with Crippen molar-refractivity contribution in [2.45, 2.75) is 33.2 Å². The number of rotatable bonds is 4. The van der Waals surface area contributed by atoms with Crippen molar-refractivity contribution in [3.05, 3.63) is 69.6 Å². The lowest BCUT2D eigenvalue weighted by Crippen LogP contribution is -2.23. The lowest BCUT2D eigenvalue weighted by atomic mass is 10.0. The van der Waals surface area contributed by atoms with Crippen LogP contribution in [0, 0.1) is 6.92 Å². The number of benzene rings is 1. The van der Waals surface area contributed by atoms with Gasteiger partial charge in [-0.05, 0) is 24.0 Å². The third kappa shape index (κ3) is 3.23. The summed E-state index contributed by atoms with van der Waals surface area (Å²) in [6.45, 7) is 6.21. The standard InChI is InChI=1S/C17H19NO2/c1-12(2)14-5-7-15(8-6-14)16(19)11-18-10-13(3)4-9-17(18)20/h4-10,12H,11H2,1-3H3. The van der Waals surface area contributed by atoms with Crippen molar-refractivity contribution < 1.29 is 4.79 Å². The normalized spacial score (nSPS) is 10.8. The van der Waals surface area contributed by atoms with Crippen molar-refractivity contribution in [3.8, 4) is 0 Å².